The maximum Gasteiger partial charge on any atom is 0.226 e. The molecule has 16 heavy (non-hydrogen) atoms. The van der Waals surface area contributed by atoms with Gasteiger partial charge in [0.15, 0.2) is 0 Å². The lowest BCUT2D eigenvalue weighted by atomic mass is 9.95. The fourth-order valence-electron chi connectivity index (χ4n) is 1.23. The molecule has 0 spiro atoms. The highest BCUT2D eigenvalue weighted by atomic mass is 35.5. The van der Waals surface area contributed by atoms with Gasteiger partial charge in [0.2, 0.25) is 5.91 Å². The minimum absolute atomic E-state index is 0.0169. The Morgan fingerprint density at radius 3 is 2.81 bits per heavy atom. The van der Waals surface area contributed by atoms with Crippen molar-refractivity contribution < 1.29 is 4.79 Å². The summed E-state index contributed by atoms with van der Waals surface area (Å²) in [6, 6.07) is 0. The number of imidazole rings is 1. The van der Waals surface area contributed by atoms with Crippen LogP contribution in [0.3, 0.4) is 0 Å². The molecule has 4 nitrogen and oxygen atoms in total. The van der Waals surface area contributed by atoms with Crippen LogP contribution < -0.4 is 5.32 Å². The zero-order chi connectivity index (χ0) is 12.2. The Morgan fingerprint density at radius 2 is 2.31 bits per heavy atom. The van der Waals surface area contributed by atoms with Crippen LogP contribution in [0.4, 0.5) is 0 Å². The molecule has 1 aromatic rings. The van der Waals surface area contributed by atoms with E-state index in [4.69, 9.17) is 11.6 Å². The number of nitrogens with one attached hydrogen (secondary N) is 1. The van der Waals surface area contributed by atoms with Crippen molar-refractivity contribution in [3.8, 4) is 0 Å². The first kappa shape index (κ1) is 13.0. The number of halogens is 1. The minimum atomic E-state index is -0.511. The van der Waals surface area contributed by atoms with Crippen LogP contribution in [-0.2, 0) is 18.3 Å². The molecule has 1 heterocycles. The van der Waals surface area contributed by atoms with Gasteiger partial charge in [0, 0.05) is 38.3 Å². The number of aromatic nitrogens is 2. The number of carbonyl (C=O) groups excluding carboxylic acids is 1. The second kappa shape index (κ2) is 5.34. The average molecular weight is 244 g/mol. The monoisotopic (exact) mass is 243 g/mol. The Hall–Kier alpha value is -1.03. The summed E-state index contributed by atoms with van der Waals surface area (Å²) in [4.78, 5) is 15.9. The molecule has 1 N–H and O–H groups in total. The topological polar surface area (TPSA) is 46.9 Å². The van der Waals surface area contributed by atoms with Crippen molar-refractivity contribution in [1.82, 2.24) is 14.9 Å². The van der Waals surface area contributed by atoms with E-state index in [1.54, 1.807) is 6.20 Å². The van der Waals surface area contributed by atoms with Crippen molar-refractivity contribution in [3.05, 3.63) is 18.2 Å². The number of nitrogens with zero attached hydrogens (tertiary/aromatic N) is 2. The van der Waals surface area contributed by atoms with E-state index >= 15 is 0 Å². The highest BCUT2D eigenvalue weighted by Crippen LogP contribution is 2.16. The molecule has 0 atom stereocenters. The SMILES string of the molecule is Cn1ccnc1CCNC(=O)C(C)(C)CCl. The second-order valence-corrected chi connectivity index (χ2v) is 4.75. The molecular weight excluding hydrogens is 226 g/mol. The lowest BCUT2D eigenvalue weighted by Gasteiger charge is -2.20. The largest absolute Gasteiger partial charge is 0.355 e. The molecule has 0 aliphatic rings. The summed E-state index contributed by atoms with van der Waals surface area (Å²) < 4.78 is 1.94. The van der Waals surface area contributed by atoms with Crippen LogP contribution in [0.2, 0.25) is 0 Å². The lowest BCUT2D eigenvalue weighted by Crippen LogP contribution is -2.39. The predicted molar refractivity (Wildman–Crippen MR) is 64.4 cm³/mol. The predicted octanol–water partition coefficient (Wildman–Crippen LogP) is 1.34. The Morgan fingerprint density at radius 1 is 1.62 bits per heavy atom. The second-order valence-electron chi connectivity index (χ2n) is 4.48. The zero-order valence-electron chi connectivity index (χ0n) is 9.96. The van der Waals surface area contributed by atoms with Gasteiger partial charge in [-0.05, 0) is 13.8 Å². The van der Waals surface area contributed by atoms with Crippen LogP contribution in [-0.4, -0.2) is 27.9 Å². The van der Waals surface area contributed by atoms with Gasteiger partial charge in [0.1, 0.15) is 5.82 Å². The van der Waals surface area contributed by atoms with E-state index in [0.717, 1.165) is 12.2 Å². The van der Waals surface area contributed by atoms with Crippen molar-refractivity contribution in [2.75, 3.05) is 12.4 Å². The number of hydrogen-bond acceptors (Lipinski definition) is 2. The van der Waals surface area contributed by atoms with Crippen LogP contribution >= 0.6 is 11.6 Å². The van der Waals surface area contributed by atoms with Gasteiger partial charge in [0.25, 0.3) is 0 Å². The van der Waals surface area contributed by atoms with Crippen molar-refractivity contribution in [2.24, 2.45) is 12.5 Å². The van der Waals surface area contributed by atoms with E-state index in [9.17, 15) is 4.79 Å². The van der Waals surface area contributed by atoms with E-state index in [1.807, 2.05) is 31.7 Å². The normalized spacial score (nSPS) is 11.5. The lowest BCUT2D eigenvalue weighted by molar-refractivity contribution is -0.128. The van der Waals surface area contributed by atoms with Gasteiger partial charge in [-0.3, -0.25) is 4.79 Å². The number of rotatable bonds is 5. The average Bonchev–Trinajstić information content (AvgIpc) is 2.64. The molecule has 0 unspecified atom stereocenters. The Bertz CT molecular complexity index is 360. The van der Waals surface area contributed by atoms with Crippen LogP contribution in [0.25, 0.3) is 0 Å². The first-order valence-corrected chi connectivity index (χ1v) is 5.81. The van der Waals surface area contributed by atoms with E-state index in [2.05, 4.69) is 10.3 Å². The summed E-state index contributed by atoms with van der Waals surface area (Å²) in [6.07, 6.45) is 4.37. The standard InChI is InChI=1S/C11H18ClN3O/c1-11(2,8-12)10(16)14-5-4-9-13-6-7-15(9)3/h6-7H,4-5,8H2,1-3H3,(H,14,16). The minimum Gasteiger partial charge on any atom is -0.355 e. The van der Waals surface area contributed by atoms with Gasteiger partial charge in [-0.15, -0.1) is 11.6 Å². The van der Waals surface area contributed by atoms with E-state index < -0.39 is 5.41 Å². The fourth-order valence-corrected chi connectivity index (χ4v) is 1.35. The van der Waals surface area contributed by atoms with Crippen LogP contribution in [0.1, 0.15) is 19.7 Å². The van der Waals surface area contributed by atoms with Crippen molar-refractivity contribution in [2.45, 2.75) is 20.3 Å². The molecule has 1 rings (SSSR count). The van der Waals surface area contributed by atoms with E-state index in [-0.39, 0.29) is 5.91 Å². The highest BCUT2D eigenvalue weighted by molar-refractivity contribution is 6.19. The third kappa shape index (κ3) is 3.23. The third-order valence-electron chi connectivity index (χ3n) is 2.50. The Labute approximate surface area is 101 Å². The van der Waals surface area contributed by atoms with Crippen molar-refractivity contribution in [1.29, 1.82) is 0 Å². The molecule has 5 heteroatoms. The quantitative estimate of drug-likeness (QED) is 0.794. The van der Waals surface area contributed by atoms with Gasteiger partial charge in [0.05, 0.1) is 5.41 Å². The summed E-state index contributed by atoms with van der Waals surface area (Å²) in [5.41, 5.74) is -0.511. The highest BCUT2D eigenvalue weighted by Gasteiger charge is 2.25. The first-order chi connectivity index (χ1) is 7.47. The molecule has 90 valence electrons. The smallest absolute Gasteiger partial charge is 0.226 e. The molecule has 1 aromatic heterocycles. The fraction of sp³-hybridized carbons (Fsp3) is 0.636. The molecule has 0 saturated heterocycles. The van der Waals surface area contributed by atoms with E-state index in [1.165, 1.54) is 0 Å². The molecule has 0 radical (unpaired) electrons. The molecule has 0 saturated carbocycles. The van der Waals surface area contributed by atoms with Gasteiger partial charge in [-0.25, -0.2) is 4.98 Å². The van der Waals surface area contributed by atoms with Crippen LogP contribution in [0.15, 0.2) is 12.4 Å². The zero-order valence-corrected chi connectivity index (χ0v) is 10.7. The molecule has 0 fully saturated rings. The Balaban J connectivity index is 2.37. The molecular formula is C11H18ClN3O. The third-order valence-corrected chi connectivity index (χ3v) is 3.17. The number of carbonyl (C=O) groups is 1. The van der Waals surface area contributed by atoms with Gasteiger partial charge < -0.3 is 9.88 Å². The maximum absolute atomic E-state index is 11.7. The summed E-state index contributed by atoms with van der Waals surface area (Å²) in [6.45, 7) is 4.25. The van der Waals surface area contributed by atoms with Gasteiger partial charge >= 0.3 is 0 Å². The molecule has 0 bridgehead atoms. The summed E-state index contributed by atoms with van der Waals surface area (Å²) in [5.74, 6) is 1.27. The number of aryl methyl sites for hydroxylation is 1. The molecule has 0 aromatic carbocycles. The maximum atomic E-state index is 11.7. The number of hydrogen-bond donors (Lipinski definition) is 1. The summed E-state index contributed by atoms with van der Waals surface area (Å²) >= 11 is 5.71. The first-order valence-electron chi connectivity index (χ1n) is 5.28. The molecule has 0 aliphatic heterocycles. The number of alkyl halides is 1. The molecule has 1 amide bonds. The number of amides is 1. The van der Waals surface area contributed by atoms with Crippen LogP contribution in [0.5, 0.6) is 0 Å². The van der Waals surface area contributed by atoms with Crippen molar-refractivity contribution >= 4 is 17.5 Å². The summed E-state index contributed by atoms with van der Waals surface area (Å²) in [7, 11) is 1.94. The summed E-state index contributed by atoms with van der Waals surface area (Å²) in [5, 5.41) is 2.86. The Kier molecular flexibility index (Phi) is 4.35. The molecule has 0 aliphatic carbocycles. The van der Waals surface area contributed by atoms with Gasteiger partial charge in [-0.1, -0.05) is 0 Å². The van der Waals surface area contributed by atoms with Crippen molar-refractivity contribution in [3.63, 3.8) is 0 Å². The van der Waals surface area contributed by atoms with Crippen LogP contribution in [0, 0.1) is 5.41 Å². The van der Waals surface area contributed by atoms with E-state index in [0.29, 0.717) is 12.4 Å². The van der Waals surface area contributed by atoms with Gasteiger partial charge in [-0.2, -0.15) is 0 Å².